The maximum Gasteiger partial charge on any atom is 0.322 e. The SMILES string of the molecule is CC(C)S(=O)(=O)c1ccc(Cc2nnc(NC(=O)C3CCCN3S(=O)(=O)c3cccs3)o2)cc1. The van der Waals surface area contributed by atoms with Gasteiger partial charge in [0.05, 0.1) is 16.6 Å². The molecule has 1 saturated heterocycles. The van der Waals surface area contributed by atoms with Crippen molar-refractivity contribution in [2.75, 3.05) is 11.9 Å². The van der Waals surface area contributed by atoms with Gasteiger partial charge in [0.15, 0.2) is 9.84 Å². The molecule has 1 atom stereocenters. The van der Waals surface area contributed by atoms with Gasteiger partial charge in [-0.15, -0.1) is 16.4 Å². The second kappa shape index (κ2) is 9.56. The van der Waals surface area contributed by atoms with E-state index >= 15 is 0 Å². The van der Waals surface area contributed by atoms with Gasteiger partial charge in [-0.25, -0.2) is 16.8 Å². The first-order chi connectivity index (χ1) is 16.1. The highest BCUT2D eigenvalue weighted by Gasteiger charge is 2.40. The molecule has 34 heavy (non-hydrogen) atoms. The zero-order valence-corrected chi connectivity index (χ0v) is 21.0. The average Bonchev–Trinajstić information content (AvgIpc) is 3.56. The van der Waals surface area contributed by atoms with Crippen molar-refractivity contribution in [1.29, 1.82) is 0 Å². The van der Waals surface area contributed by atoms with E-state index in [0.717, 1.165) is 16.9 Å². The minimum atomic E-state index is -3.76. The Morgan fingerprint density at radius 2 is 1.91 bits per heavy atom. The van der Waals surface area contributed by atoms with E-state index in [1.807, 2.05) is 0 Å². The minimum absolute atomic E-state index is 0.126. The Bertz CT molecular complexity index is 1360. The molecule has 1 aliphatic heterocycles. The molecular formula is C21H24N4O6S3. The molecule has 0 saturated carbocycles. The molecule has 1 N–H and O–H groups in total. The number of sulfone groups is 1. The maximum absolute atomic E-state index is 12.9. The van der Waals surface area contributed by atoms with Crippen molar-refractivity contribution in [3.05, 3.63) is 53.2 Å². The van der Waals surface area contributed by atoms with Gasteiger partial charge in [0.2, 0.25) is 11.8 Å². The molecule has 13 heteroatoms. The van der Waals surface area contributed by atoms with E-state index in [4.69, 9.17) is 4.42 Å². The monoisotopic (exact) mass is 524 g/mol. The van der Waals surface area contributed by atoms with E-state index in [9.17, 15) is 21.6 Å². The molecule has 1 aromatic carbocycles. The third-order valence-corrected chi connectivity index (χ3v) is 10.9. The summed E-state index contributed by atoms with van der Waals surface area (Å²) in [7, 11) is -7.11. The van der Waals surface area contributed by atoms with Crippen LogP contribution in [0.3, 0.4) is 0 Å². The summed E-state index contributed by atoms with van der Waals surface area (Å²) in [4.78, 5) is 13.0. The summed E-state index contributed by atoms with van der Waals surface area (Å²) in [5.41, 5.74) is 0.758. The Morgan fingerprint density at radius 1 is 1.18 bits per heavy atom. The molecule has 0 spiro atoms. The molecular weight excluding hydrogens is 500 g/mol. The summed E-state index contributed by atoms with van der Waals surface area (Å²) >= 11 is 1.11. The number of benzene rings is 1. The number of anilines is 1. The van der Waals surface area contributed by atoms with Crippen LogP contribution in [0.25, 0.3) is 0 Å². The number of sulfonamides is 1. The zero-order valence-electron chi connectivity index (χ0n) is 18.5. The van der Waals surface area contributed by atoms with E-state index in [2.05, 4.69) is 15.5 Å². The van der Waals surface area contributed by atoms with Crippen molar-refractivity contribution in [3.8, 4) is 0 Å². The largest absolute Gasteiger partial charge is 0.407 e. The topological polar surface area (TPSA) is 140 Å². The smallest absolute Gasteiger partial charge is 0.322 e. The Hall–Kier alpha value is -2.61. The fraction of sp³-hybridized carbons (Fsp3) is 0.381. The number of nitrogens with zero attached hydrogens (tertiary/aromatic N) is 3. The van der Waals surface area contributed by atoms with Crippen molar-refractivity contribution in [1.82, 2.24) is 14.5 Å². The maximum atomic E-state index is 12.9. The van der Waals surface area contributed by atoms with Crippen LogP contribution in [0, 0.1) is 0 Å². The van der Waals surface area contributed by atoms with Crippen LogP contribution in [0.5, 0.6) is 0 Å². The lowest BCUT2D eigenvalue weighted by molar-refractivity contribution is -0.119. The van der Waals surface area contributed by atoms with E-state index in [0.29, 0.717) is 12.8 Å². The Kier molecular flexibility index (Phi) is 6.90. The molecule has 1 amide bonds. The van der Waals surface area contributed by atoms with E-state index < -0.39 is 37.1 Å². The first kappa shape index (κ1) is 24.5. The lowest BCUT2D eigenvalue weighted by Crippen LogP contribution is -2.42. The predicted octanol–water partition coefficient (Wildman–Crippen LogP) is 2.70. The van der Waals surface area contributed by atoms with Gasteiger partial charge < -0.3 is 4.42 Å². The normalized spacial score (nSPS) is 17.3. The molecule has 2 aromatic heterocycles. The fourth-order valence-corrected chi connectivity index (χ4v) is 7.46. The number of hydrogen-bond acceptors (Lipinski definition) is 9. The number of hydrogen-bond donors (Lipinski definition) is 1. The quantitative estimate of drug-likeness (QED) is 0.474. The van der Waals surface area contributed by atoms with Crippen LogP contribution in [0.2, 0.25) is 0 Å². The van der Waals surface area contributed by atoms with Gasteiger partial charge in [-0.1, -0.05) is 23.3 Å². The number of carbonyl (C=O) groups excluding carboxylic acids is 1. The molecule has 1 aliphatic rings. The van der Waals surface area contributed by atoms with Crippen molar-refractivity contribution >= 4 is 43.1 Å². The minimum Gasteiger partial charge on any atom is -0.407 e. The second-order valence-corrected chi connectivity index (χ2v) is 13.7. The molecule has 4 rings (SSSR count). The number of rotatable bonds is 8. The molecule has 3 heterocycles. The van der Waals surface area contributed by atoms with Crippen molar-refractivity contribution in [2.45, 2.75) is 53.5 Å². The average molecular weight is 525 g/mol. The van der Waals surface area contributed by atoms with Gasteiger partial charge in [-0.3, -0.25) is 10.1 Å². The van der Waals surface area contributed by atoms with E-state index in [-0.39, 0.29) is 34.0 Å². The highest BCUT2D eigenvalue weighted by atomic mass is 32.2. The van der Waals surface area contributed by atoms with Crippen LogP contribution in [0.1, 0.15) is 38.1 Å². The molecule has 1 unspecified atom stereocenters. The number of aromatic nitrogens is 2. The van der Waals surface area contributed by atoms with Crippen LogP contribution >= 0.6 is 11.3 Å². The summed E-state index contributed by atoms with van der Waals surface area (Å²) in [6, 6.07) is 8.59. The molecule has 0 radical (unpaired) electrons. The Labute approximate surface area is 202 Å². The first-order valence-corrected chi connectivity index (χ1v) is 14.5. The van der Waals surface area contributed by atoms with Crippen LogP contribution in [0.15, 0.2) is 55.3 Å². The van der Waals surface area contributed by atoms with Gasteiger partial charge in [-0.05, 0) is 55.8 Å². The zero-order chi connectivity index (χ0) is 24.5. The molecule has 1 fully saturated rings. The number of nitrogens with one attached hydrogen (secondary N) is 1. The molecule has 0 bridgehead atoms. The second-order valence-electron chi connectivity index (χ2n) is 8.11. The summed E-state index contributed by atoms with van der Waals surface area (Å²) in [5, 5.41) is 11.4. The molecule has 3 aromatic rings. The van der Waals surface area contributed by atoms with Gasteiger partial charge in [0.25, 0.3) is 10.0 Å². The van der Waals surface area contributed by atoms with Gasteiger partial charge in [-0.2, -0.15) is 4.31 Å². The van der Waals surface area contributed by atoms with E-state index in [1.54, 1.807) is 37.4 Å². The summed E-state index contributed by atoms with van der Waals surface area (Å²) < 4.78 is 57.1. The standard InChI is InChI=1S/C21H24N4O6S3/c1-14(2)33(27,28)16-9-7-15(8-10-16)13-18-23-24-21(31-18)22-20(26)17-5-3-11-25(17)34(29,30)19-6-4-12-32-19/h4,6-10,12,14,17H,3,5,11,13H2,1-2H3,(H,22,24,26). The number of thiophene rings is 1. The summed E-state index contributed by atoms with van der Waals surface area (Å²) in [6.07, 6.45) is 1.20. The highest BCUT2D eigenvalue weighted by molar-refractivity contribution is 7.92. The van der Waals surface area contributed by atoms with Crippen molar-refractivity contribution in [3.63, 3.8) is 0 Å². The van der Waals surface area contributed by atoms with E-state index in [1.165, 1.54) is 22.5 Å². The van der Waals surface area contributed by atoms with Crippen molar-refractivity contribution < 1.29 is 26.0 Å². The highest BCUT2D eigenvalue weighted by Crippen LogP contribution is 2.29. The lowest BCUT2D eigenvalue weighted by Gasteiger charge is -2.21. The summed E-state index contributed by atoms with van der Waals surface area (Å²) in [6.45, 7) is 3.51. The predicted molar refractivity (Wildman–Crippen MR) is 126 cm³/mol. The van der Waals surface area contributed by atoms with Crippen LogP contribution < -0.4 is 5.32 Å². The first-order valence-electron chi connectivity index (χ1n) is 10.6. The number of carbonyl (C=O) groups is 1. The number of amides is 1. The molecule has 182 valence electrons. The van der Waals surface area contributed by atoms with Crippen molar-refractivity contribution in [2.24, 2.45) is 0 Å². The van der Waals surface area contributed by atoms with Gasteiger partial charge in [0.1, 0.15) is 10.3 Å². The van der Waals surface area contributed by atoms with Gasteiger partial charge in [0, 0.05) is 6.54 Å². The lowest BCUT2D eigenvalue weighted by atomic mass is 10.1. The molecule has 10 nitrogen and oxygen atoms in total. The third kappa shape index (κ3) is 4.92. The Balaban J connectivity index is 1.41. The van der Waals surface area contributed by atoms with Gasteiger partial charge >= 0.3 is 6.01 Å². The van der Waals surface area contributed by atoms with Crippen LogP contribution in [-0.2, 0) is 31.1 Å². The summed E-state index contributed by atoms with van der Waals surface area (Å²) in [5.74, 6) is -0.305. The third-order valence-electron chi connectivity index (χ3n) is 5.49. The molecule has 0 aliphatic carbocycles. The Morgan fingerprint density at radius 3 is 2.56 bits per heavy atom. The van der Waals surface area contributed by atoms with Crippen LogP contribution in [0.4, 0.5) is 6.01 Å². The fourth-order valence-electron chi connectivity index (χ4n) is 3.62. The van der Waals surface area contributed by atoms with Crippen LogP contribution in [-0.4, -0.2) is 55.1 Å².